The molecular weight excluding hydrogens is 313 g/mol. The van der Waals surface area contributed by atoms with Crippen LogP contribution in [0.25, 0.3) is 0 Å². The van der Waals surface area contributed by atoms with Crippen molar-refractivity contribution in [3.05, 3.63) is 35.9 Å². The van der Waals surface area contributed by atoms with Gasteiger partial charge in [-0.25, -0.2) is 0 Å². The number of hydrogen-bond acceptors (Lipinski definition) is 4. The fourth-order valence-electron chi connectivity index (χ4n) is 1.91. The van der Waals surface area contributed by atoms with E-state index in [9.17, 15) is 18.0 Å². The normalized spacial score (nSPS) is 11.2. The number of rotatable bonds is 7. The first kappa shape index (κ1) is 19.0. The van der Waals surface area contributed by atoms with Crippen molar-refractivity contribution in [3.8, 4) is 0 Å². The van der Waals surface area contributed by atoms with Gasteiger partial charge in [-0.15, -0.1) is 0 Å². The Labute approximate surface area is 132 Å². The van der Waals surface area contributed by atoms with Crippen LogP contribution in [0.4, 0.5) is 24.5 Å². The fraction of sp³-hybridized carbons (Fsp3) is 0.400. The van der Waals surface area contributed by atoms with Crippen molar-refractivity contribution >= 4 is 17.3 Å². The van der Waals surface area contributed by atoms with E-state index in [2.05, 4.69) is 11.9 Å². The maximum absolute atomic E-state index is 12.9. The Balaban J connectivity index is 3.31. The number of hydrogen-bond donors (Lipinski definition) is 3. The molecule has 0 spiro atoms. The van der Waals surface area contributed by atoms with Gasteiger partial charge in [-0.05, 0) is 25.1 Å². The van der Waals surface area contributed by atoms with Crippen LogP contribution in [0.2, 0.25) is 0 Å². The highest BCUT2D eigenvalue weighted by Crippen LogP contribution is 2.35. The predicted octanol–water partition coefficient (Wildman–Crippen LogP) is 2.01. The number of nitrogens with one attached hydrogen (secondary N) is 1. The Morgan fingerprint density at radius 1 is 1.26 bits per heavy atom. The van der Waals surface area contributed by atoms with Crippen LogP contribution < -0.4 is 10.2 Å². The lowest BCUT2D eigenvalue weighted by Gasteiger charge is -2.26. The van der Waals surface area contributed by atoms with Gasteiger partial charge in [0.2, 0.25) is 0 Å². The Morgan fingerprint density at radius 3 is 2.26 bits per heavy atom. The van der Waals surface area contributed by atoms with Gasteiger partial charge in [0.25, 0.3) is 5.91 Å². The van der Waals surface area contributed by atoms with Gasteiger partial charge >= 0.3 is 6.18 Å². The fourth-order valence-corrected chi connectivity index (χ4v) is 1.91. The van der Waals surface area contributed by atoms with Gasteiger partial charge in [0.05, 0.1) is 30.2 Å². The number of nitrogens with zero attached hydrogens (tertiary/aromatic N) is 1. The molecule has 8 heteroatoms. The van der Waals surface area contributed by atoms with Gasteiger partial charge in [-0.3, -0.25) is 4.79 Å². The summed E-state index contributed by atoms with van der Waals surface area (Å²) in [6, 6.07) is 2.90. The molecular formula is C15H19F3N2O3. The second-order valence-electron chi connectivity index (χ2n) is 4.90. The summed E-state index contributed by atoms with van der Waals surface area (Å²) in [5, 5.41) is 20.5. The lowest BCUT2D eigenvalue weighted by atomic mass is 10.1. The van der Waals surface area contributed by atoms with Crippen LogP contribution in [0, 0.1) is 0 Å². The second kappa shape index (κ2) is 7.98. The van der Waals surface area contributed by atoms with E-state index in [1.54, 1.807) is 0 Å². The number of aliphatic hydroxyl groups is 2. The van der Waals surface area contributed by atoms with Gasteiger partial charge in [0.1, 0.15) is 0 Å². The number of anilines is 2. The van der Waals surface area contributed by atoms with Crippen LogP contribution in [0.5, 0.6) is 0 Å². The number of benzene rings is 1. The molecule has 128 valence electrons. The molecule has 0 heterocycles. The summed E-state index contributed by atoms with van der Waals surface area (Å²) < 4.78 is 38.6. The van der Waals surface area contributed by atoms with Crippen molar-refractivity contribution in [1.29, 1.82) is 0 Å². The summed E-state index contributed by atoms with van der Waals surface area (Å²) >= 11 is 0. The molecule has 3 N–H and O–H groups in total. The average Bonchev–Trinajstić information content (AvgIpc) is 2.46. The van der Waals surface area contributed by atoms with E-state index < -0.39 is 17.6 Å². The molecule has 0 unspecified atom stereocenters. The number of alkyl halides is 3. The van der Waals surface area contributed by atoms with Crippen molar-refractivity contribution in [2.45, 2.75) is 13.1 Å². The first-order valence-electron chi connectivity index (χ1n) is 6.85. The average molecular weight is 332 g/mol. The van der Waals surface area contributed by atoms with E-state index in [1.165, 1.54) is 17.9 Å². The molecule has 1 amide bonds. The molecule has 0 aliphatic heterocycles. The minimum absolute atomic E-state index is 0.0604. The third kappa shape index (κ3) is 5.26. The maximum Gasteiger partial charge on any atom is 0.416 e. The molecule has 0 aliphatic carbocycles. The van der Waals surface area contributed by atoms with Crippen LogP contribution in [0.15, 0.2) is 30.4 Å². The number of aliphatic hydroxyl groups excluding tert-OH is 2. The summed E-state index contributed by atoms with van der Waals surface area (Å²) in [7, 11) is 0. The number of carbonyl (C=O) groups excluding carboxylic acids is 1. The van der Waals surface area contributed by atoms with Crippen LogP contribution in [0.3, 0.4) is 0 Å². The highest BCUT2D eigenvalue weighted by atomic mass is 19.4. The lowest BCUT2D eigenvalue weighted by Crippen LogP contribution is -2.31. The lowest BCUT2D eigenvalue weighted by molar-refractivity contribution is -0.137. The predicted molar refractivity (Wildman–Crippen MR) is 81.3 cm³/mol. The monoisotopic (exact) mass is 332 g/mol. The Bertz CT molecular complexity index is 568. The van der Waals surface area contributed by atoms with Gasteiger partial charge in [-0.2, -0.15) is 13.2 Å². The first-order chi connectivity index (χ1) is 10.7. The molecule has 0 fully saturated rings. The van der Waals surface area contributed by atoms with E-state index in [0.29, 0.717) is 0 Å². The maximum atomic E-state index is 12.9. The second-order valence-corrected chi connectivity index (χ2v) is 4.90. The van der Waals surface area contributed by atoms with Gasteiger partial charge in [-0.1, -0.05) is 6.58 Å². The third-order valence-electron chi connectivity index (χ3n) is 3.04. The molecule has 0 bridgehead atoms. The smallest absolute Gasteiger partial charge is 0.395 e. The summed E-state index contributed by atoms with van der Waals surface area (Å²) in [6.07, 6.45) is -4.56. The van der Waals surface area contributed by atoms with E-state index in [4.69, 9.17) is 10.2 Å². The topological polar surface area (TPSA) is 72.8 Å². The molecule has 0 aromatic heterocycles. The van der Waals surface area contributed by atoms with Gasteiger partial charge in [0.15, 0.2) is 0 Å². The zero-order valence-electron chi connectivity index (χ0n) is 12.7. The van der Waals surface area contributed by atoms with E-state index in [-0.39, 0.29) is 43.3 Å². The van der Waals surface area contributed by atoms with Crippen LogP contribution >= 0.6 is 0 Å². The number of amides is 1. The van der Waals surface area contributed by atoms with Crippen molar-refractivity contribution < 1.29 is 28.2 Å². The quantitative estimate of drug-likeness (QED) is 0.668. The van der Waals surface area contributed by atoms with Crippen LogP contribution in [0.1, 0.15) is 12.5 Å². The molecule has 0 aliphatic rings. The van der Waals surface area contributed by atoms with Crippen molar-refractivity contribution in [2.75, 3.05) is 36.5 Å². The molecule has 0 saturated carbocycles. The summed E-state index contributed by atoms with van der Waals surface area (Å²) in [5.41, 5.74) is -0.555. The summed E-state index contributed by atoms with van der Waals surface area (Å²) in [5.74, 6) is -0.612. The molecule has 1 aromatic carbocycles. The van der Waals surface area contributed by atoms with Crippen LogP contribution in [-0.4, -0.2) is 42.4 Å². The molecule has 1 aromatic rings. The standard InChI is InChI=1S/C15H19F3N2O3/c1-10(2)14(23)19-12-9-11(15(16,17)18)3-4-13(12)20(5-7-21)6-8-22/h3-4,9,21-22H,1,5-8H2,2H3,(H,19,23). The molecule has 5 nitrogen and oxygen atoms in total. The molecule has 0 saturated heterocycles. The zero-order valence-corrected chi connectivity index (χ0v) is 12.7. The Kier molecular flexibility index (Phi) is 6.59. The number of halogens is 3. The summed E-state index contributed by atoms with van der Waals surface area (Å²) in [4.78, 5) is 13.2. The van der Waals surface area contributed by atoms with Crippen LogP contribution in [-0.2, 0) is 11.0 Å². The third-order valence-corrected chi connectivity index (χ3v) is 3.04. The highest BCUT2D eigenvalue weighted by molar-refractivity contribution is 6.04. The Morgan fingerprint density at radius 2 is 1.83 bits per heavy atom. The minimum atomic E-state index is -4.56. The molecule has 1 rings (SSSR count). The van der Waals surface area contributed by atoms with Gasteiger partial charge in [0, 0.05) is 18.7 Å². The number of carbonyl (C=O) groups is 1. The van der Waals surface area contributed by atoms with Crippen molar-refractivity contribution in [3.63, 3.8) is 0 Å². The SMILES string of the molecule is C=C(C)C(=O)Nc1cc(C(F)(F)F)ccc1N(CCO)CCO. The highest BCUT2D eigenvalue weighted by Gasteiger charge is 2.31. The van der Waals surface area contributed by atoms with E-state index in [1.807, 2.05) is 0 Å². The first-order valence-corrected chi connectivity index (χ1v) is 6.85. The van der Waals surface area contributed by atoms with Crippen molar-refractivity contribution in [2.24, 2.45) is 0 Å². The van der Waals surface area contributed by atoms with Crippen molar-refractivity contribution in [1.82, 2.24) is 0 Å². The van der Waals surface area contributed by atoms with E-state index >= 15 is 0 Å². The largest absolute Gasteiger partial charge is 0.416 e. The minimum Gasteiger partial charge on any atom is -0.395 e. The molecule has 0 atom stereocenters. The van der Waals surface area contributed by atoms with E-state index in [0.717, 1.165) is 12.1 Å². The molecule has 0 radical (unpaired) electrons. The molecule has 23 heavy (non-hydrogen) atoms. The summed E-state index contributed by atoms with van der Waals surface area (Å²) in [6.45, 7) is 4.56. The zero-order chi connectivity index (χ0) is 17.6. The van der Waals surface area contributed by atoms with Gasteiger partial charge < -0.3 is 20.4 Å². The Hall–Kier alpha value is -2.06.